The molecule has 0 saturated heterocycles. The molecule has 0 saturated carbocycles. The van der Waals surface area contributed by atoms with Crippen molar-refractivity contribution in [2.24, 2.45) is 0 Å². The summed E-state index contributed by atoms with van der Waals surface area (Å²) in [5.74, 6) is 1.32. The van der Waals surface area contributed by atoms with E-state index in [1.807, 2.05) is 0 Å². The Hall–Kier alpha value is -2.02. The van der Waals surface area contributed by atoms with Crippen LogP contribution in [0.2, 0.25) is 0 Å². The van der Waals surface area contributed by atoms with Crippen LogP contribution in [0.15, 0.2) is 18.2 Å². The van der Waals surface area contributed by atoms with Gasteiger partial charge in [0, 0.05) is 11.8 Å². The average Bonchev–Trinajstić information content (AvgIpc) is 2.76. The van der Waals surface area contributed by atoms with Crippen molar-refractivity contribution in [1.29, 1.82) is 0 Å². The highest BCUT2D eigenvalue weighted by Crippen LogP contribution is 2.34. The van der Waals surface area contributed by atoms with Gasteiger partial charge < -0.3 is 19.5 Å². The van der Waals surface area contributed by atoms with E-state index in [1.54, 1.807) is 25.1 Å². The van der Waals surface area contributed by atoms with Crippen LogP contribution in [0.4, 0.5) is 10.5 Å². The standard InChI is InChI=1S/C11H12N2O4S/c1-2-15-11(14)13-10(18)12-7-3-4-8-9(5-7)17-6-16-8/h3-5H,2,6H2,1H3,(H2,12,13,14,18). The molecule has 7 heteroatoms. The van der Waals surface area contributed by atoms with Crippen molar-refractivity contribution in [2.45, 2.75) is 6.92 Å². The molecule has 2 rings (SSSR count). The minimum atomic E-state index is -0.587. The highest BCUT2D eigenvalue weighted by atomic mass is 32.1. The maximum absolute atomic E-state index is 11.1. The first-order valence-corrected chi connectivity index (χ1v) is 5.74. The molecule has 0 aromatic heterocycles. The van der Waals surface area contributed by atoms with Crippen LogP contribution in [0.5, 0.6) is 11.5 Å². The lowest BCUT2D eigenvalue weighted by molar-refractivity contribution is 0.158. The Morgan fingerprint density at radius 1 is 1.44 bits per heavy atom. The number of rotatable bonds is 2. The molecule has 0 spiro atoms. The van der Waals surface area contributed by atoms with Crippen LogP contribution in [0.3, 0.4) is 0 Å². The first-order valence-electron chi connectivity index (χ1n) is 5.33. The minimum Gasteiger partial charge on any atom is -0.454 e. The largest absolute Gasteiger partial charge is 0.454 e. The highest BCUT2D eigenvalue weighted by Gasteiger charge is 2.13. The normalized spacial score (nSPS) is 11.8. The number of ether oxygens (including phenoxy) is 3. The third-order valence-corrected chi connectivity index (χ3v) is 2.33. The average molecular weight is 268 g/mol. The lowest BCUT2D eigenvalue weighted by Gasteiger charge is -2.09. The maximum atomic E-state index is 11.1. The second kappa shape index (κ2) is 5.54. The summed E-state index contributed by atoms with van der Waals surface area (Å²) >= 11 is 4.96. The monoisotopic (exact) mass is 268 g/mol. The quantitative estimate of drug-likeness (QED) is 0.798. The van der Waals surface area contributed by atoms with E-state index in [2.05, 4.69) is 10.6 Å². The summed E-state index contributed by atoms with van der Waals surface area (Å²) in [5, 5.41) is 5.39. The molecule has 0 bridgehead atoms. The topological polar surface area (TPSA) is 68.8 Å². The smallest absolute Gasteiger partial charge is 0.413 e. The summed E-state index contributed by atoms with van der Waals surface area (Å²) in [6, 6.07) is 5.27. The fraction of sp³-hybridized carbons (Fsp3) is 0.273. The fourth-order valence-corrected chi connectivity index (χ4v) is 1.60. The Kier molecular flexibility index (Phi) is 3.83. The predicted octanol–water partition coefficient (Wildman–Crippen LogP) is 1.86. The molecule has 0 atom stereocenters. The Balaban J connectivity index is 1.93. The number of nitrogens with one attached hydrogen (secondary N) is 2. The summed E-state index contributed by atoms with van der Waals surface area (Å²) in [6.45, 7) is 2.22. The molecule has 2 N–H and O–H groups in total. The molecule has 0 aliphatic carbocycles. The van der Waals surface area contributed by atoms with Crippen molar-refractivity contribution in [3.8, 4) is 11.5 Å². The van der Waals surface area contributed by atoms with Gasteiger partial charge >= 0.3 is 6.09 Å². The molecule has 0 fully saturated rings. The van der Waals surface area contributed by atoms with E-state index in [0.717, 1.165) is 0 Å². The van der Waals surface area contributed by atoms with E-state index in [1.165, 1.54) is 0 Å². The van der Waals surface area contributed by atoms with Crippen molar-refractivity contribution in [1.82, 2.24) is 5.32 Å². The molecule has 96 valence electrons. The molecular formula is C11H12N2O4S. The molecule has 18 heavy (non-hydrogen) atoms. The molecule has 1 aliphatic heterocycles. The molecular weight excluding hydrogens is 256 g/mol. The van der Waals surface area contributed by atoms with Gasteiger partial charge in [-0.3, -0.25) is 5.32 Å². The molecule has 1 amide bonds. The number of benzene rings is 1. The number of hydrogen-bond donors (Lipinski definition) is 2. The van der Waals surface area contributed by atoms with Gasteiger partial charge in [-0.25, -0.2) is 4.79 Å². The van der Waals surface area contributed by atoms with Crippen molar-refractivity contribution in [2.75, 3.05) is 18.7 Å². The van der Waals surface area contributed by atoms with Gasteiger partial charge in [-0.2, -0.15) is 0 Å². The van der Waals surface area contributed by atoms with Crippen LogP contribution >= 0.6 is 12.2 Å². The lowest BCUT2D eigenvalue weighted by atomic mass is 10.3. The predicted molar refractivity (Wildman–Crippen MR) is 68.9 cm³/mol. The highest BCUT2D eigenvalue weighted by molar-refractivity contribution is 7.80. The number of thiocarbonyl (C=S) groups is 1. The van der Waals surface area contributed by atoms with E-state index in [9.17, 15) is 4.79 Å². The minimum absolute atomic E-state index is 0.160. The third-order valence-electron chi connectivity index (χ3n) is 2.12. The summed E-state index contributed by atoms with van der Waals surface area (Å²) in [6.07, 6.45) is -0.587. The zero-order chi connectivity index (χ0) is 13.0. The van der Waals surface area contributed by atoms with Crippen molar-refractivity contribution in [3.05, 3.63) is 18.2 Å². The van der Waals surface area contributed by atoms with Crippen LogP contribution in [0.1, 0.15) is 6.92 Å². The van der Waals surface area contributed by atoms with Gasteiger partial charge in [0.2, 0.25) is 6.79 Å². The molecule has 0 unspecified atom stereocenters. The van der Waals surface area contributed by atoms with Gasteiger partial charge in [0.1, 0.15) is 0 Å². The van der Waals surface area contributed by atoms with E-state index >= 15 is 0 Å². The Morgan fingerprint density at radius 3 is 3.00 bits per heavy atom. The number of fused-ring (bicyclic) bond motifs is 1. The Labute approximate surface area is 109 Å². The van der Waals surface area contributed by atoms with Gasteiger partial charge in [0.05, 0.1) is 6.61 Å². The van der Waals surface area contributed by atoms with E-state index < -0.39 is 6.09 Å². The van der Waals surface area contributed by atoms with Gasteiger partial charge in [-0.15, -0.1) is 0 Å². The van der Waals surface area contributed by atoms with Gasteiger partial charge in [0.15, 0.2) is 16.6 Å². The zero-order valence-electron chi connectivity index (χ0n) is 9.69. The van der Waals surface area contributed by atoms with Crippen LogP contribution in [-0.2, 0) is 4.74 Å². The second-order valence-electron chi connectivity index (χ2n) is 3.37. The van der Waals surface area contributed by atoms with E-state index in [4.69, 9.17) is 26.4 Å². The van der Waals surface area contributed by atoms with Crippen LogP contribution < -0.4 is 20.1 Å². The Bertz CT molecular complexity index is 478. The summed E-state index contributed by atoms with van der Waals surface area (Å²) in [4.78, 5) is 11.1. The number of carbonyl (C=O) groups excluding carboxylic acids is 1. The first kappa shape index (κ1) is 12.4. The number of alkyl carbamates (subject to hydrolysis) is 1. The maximum Gasteiger partial charge on any atom is 0.413 e. The summed E-state index contributed by atoms with van der Waals surface area (Å²) < 4.78 is 15.1. The van der Waals surface area contributed by atoms with Crippen molar-refractivity contribution < 1.29 is 19.0 Å². The number of hydrogen-bond acceptors (Lipinski definition) is 5. The van der Waals surface area contributed by atoms with Gasteiger partial charge in [0.25, 0.3) is 0 Å². The van der Waals surface area contributed by atoms with E-state index in [0.29, 0.717) is 23.8 Å². The van der Waals surface area contributed by atoms with E-state index in [-0.39, 0.29) is 11.9 Å². The van der Waals surface area contributed by atoms with Gasteiger partial charge in [-0.1, -0.05) is 0 Å². The lowest BCUT2D eigenvalue weighted by Crippen LogP contribution is -2.34. The number of anilines is 1. The first-order chi connectivity index (χ1) is 8.69. The van der Waals surface area contributed by atoms with Crippen molar-refractivity contribution >= 4 is 29.1 Å². The molecule has 1 heterocycles. The molecule has 1 aromatic carbocycles. The Morgan fingerprint density at radius 2 is 2.22 bits per heavy atom. The van der Waals surface area contributed by atoms with Crippen LogP contribution in [0, 0.1) is 0 Å². The van der Waals surface area contributed by atoms with Crippen LogP contribution in [-0.4, -0.2) is 24.6 Å². The molecule has 1 aliphatic rings. The zero-order valence-corrected chi connectivity index (χ0v) is 10.5. The summed E-state index contributed by atoms with van der Waals surface area (Å²) in [5.41, 5.74) is 0.695. The van der Waals surface area contributed by atoms with Crippen molar-refractivity contribution in [3.63, 3.8) is 0 Å². The molecule has 1 aromatic rings. The number of carbonyl (C=O) groups is 1. The third kappa shape index (κ3) is 3.01. The molecule has 6 nitrogen and oxygen atoms in total. The SMILES string of the molecule is CCOC(=O)NC(=S)Nc1ccc2c(c1)OCO2. The van der Waals surface area contributed by atoms with Crippen LogP contribution in [0.25, 0.3) is 0 Å². The molecule has 0 radical (unpaired) electrons. The number of amides is 1. The summed E-state index contributed by atoms with van der Waals surface area (Å²) in [7, 11) is 0. The second-order valence-corrected chi connectivity index (χ2v) is 3.78. The fourth-order valence-electron chi connectivity index (χ4n) is 1.40. The van der Waals surface area contributed by atoms with Gasteiger partial charge in [-0.05, 0) is 31.3 Å².